The number of fused-ring (bicyclic) bond motifs is 1. The predicted molar refractivity (Wildman–Crippen MR) is 80.9 cm³/mol. The van der Waals surface area contributed by atoms with Crippen molar-refractivity contribution in [1.29, 1.82) is 0 Å². The van der Waals surface area contributed by atoms with Crippen LogP contribution in [0, 0.1) is 0 Å². The second-order valence-electron chi connectivity index (χ2n) is 4.79. The molecular weight excluding hydrogens is 295 g/mol. The lowest BCUT2D eigenvalue weighted by Crippen LogP contribution is -2.23. The molecule has 20 heavy (non-hydrogen) atoms. The van der Waals surface area contributed by atoms with Crippen LogP contribution in [-0.4, -0.2) is 10.8 Å². The van der Waals surface area contributed by atoms with Crippen molar-refractivity contribution in [2.75, 3.05) is 5.73 Å². The van der Waals surface area contributed by atoms with E-state index in [-0.39, 0.29) is 5.91 Å². The molecule has 0 saturated heterocycles. The minimum absolute atomic E-state index is 0.0247. The third-order valence-corrected chi connectivity index (χ3v) is 4.26. The number of halogens is 2. The molecule has 3 nitrogen and oxygen atoms in total. The first-order valence-corrected chi connectivity index (χ1v) is 6.92. The number of amides is 1. The van der Waals surface area contributed by atoms with Crippen LogP contribution in [0.5, 0.6) is 0 Å². The summed E-state index contributed by atoms with van der Waals surface area (Å²) in [5.74, 6) is -0.0247. The summed E-state index contributed by atoms with van der Waals surface area (Å²) in [6, 6.07) is 10.9. The number of carbonyl (C=O) groups excluding carboxylic acids is 1. The average Bonchev–Trinajstić information content (AvgIpc) is 2.72. The van der Waals surface area contributed by atoms with Crippen molar-refractivity contribution in [2.45, 2.75) is 13.1 Å². The van der Waals surface area contributed by atoms with E-state index in [9.17, 15) is 4.79 Å². The summed E-state index contributed by atoms with van der Waals surface area (Å²) in [6.45, 7) is 1.00. The zero-order valence-electron chi connectivity index (χ0n) is 10.6. The molecule has 1 aliphatic heterocycles. The lowest BCUT2D eigenvalue weighted by molar-refractivity contribution is 0.0767. The van der Waals surface area contributed by atoms with E-state index in [4.69, 9.17) is 28.9 Å². The normalized spacial score (nSPS) is 13.7. The van der Waals surface area contributed by atoms with E-state index < -0.39 is 0 Å². The predicted octanol–water partition coefficient (Wildman–Crippen LogP) is 3.73. The summed E-state index contributed by atoms with van der Waals surface area (Å²) < 4.78 is 0. The summed E-state index contributed by atoms with van der Waals surface area (Å²) in [4.78, 5) is 14.1. The summed E-state index contributed by atoms with van der Waals surface area (Å²) in [5.41, 5.74) is 8.82. The van der Waals surface area contributed by atoms with Gasteiger partial charge in [-0.15, -0.1) is 0 Å². The van der Waals surface area contributed by atoms with Crippen molar-refractivity contribution < 1.29 is 4.79 Å². The van der Waals surface area contributed by atoms with E-state index >= 15 is 0 Å². The van der Waals surface area contributed by atoms with Crippen LogP contribution in [0.3, 0.4) is 0 Å². The Morgan fingerprint density at radius 1 is 1.20 bits per heavy atom. The maximum Gasteiger partial charge on any atom is 0.254 e. The number of rotatable bonds is 2. The van der Waals surface area contributed by atoms with E-state index in [0.717, 1.165) is 11.1 Å². The van der Waals surface area contributed by atoms with Crippen LogP contribution in [0.25, 0.3) is 0 Å². The molecule has 0 aliphatic carbocycles. The first kappa shape index (κ1) is 13.3. The van der Waals surface area contributed by atoms with E-state index in [0.29, 0.717) is 34.4 Å². The molecule has 2 aromatic carbocycles. The lowest BCUT2D eigenvalue weighted by atomic mass is 10.1. The van der Waals surface area contributed by atoms with Crippen molar-refractivity contribution in [3.05, 3.63) is 63.1 Å². The second kappa shape index (κ2) is 5.00. The van der Waals surface area contributed by atoms with Crippen molar-refractivity contribution in [3.63, 3.8) is 0 Å². The number of nitrogens with two attached hydrogens (primary N) is 1. The third kappa shape index (κ3) is 2.23. The number of nitrogens with zero attached hydrogens (tertiary/aromatic N) is 1. The Kier molecular flexibility index (Phi) is 3.32. The van der Waals surface area contributed by atoms with Gasteiger partial charge in [-0.2, -0.15) is 0 Å². The van der Waals surface area contributed by atoms with Crippen LogP contribution >= 0.6 is 23.2 Å². The Morgan fingerprint density at radius 3 is 2.80 bits per heavy atom. The molecule has 0 aromatic heterocycles. The van der Waals surface area contributed by atoms with Crippen molar-refractivity contribution >= 4 is 34.8 Å². The highest BCUT2D eigenvalue weighted by Crippen LogP contribution is 2.30. The Balaban J connectivity index is 1.88. The van der Waals surface area contributed by atoms with Gasteiger partial charge in [0.25, 0.3) is 5.91 Å². The zero-order valence-corrected chi connectivity index (χ0v) is 12.1. The van der Waals surface area contributed by atoms with E-state index in [2.05, 4.69) is 0 Å². The average molecular weight is 307 g/mol. The number of hydrogen-bond donors (Lipinski definition) is 1. The van der Waals surface area contributed by atoms with Gasteiger partial charge in [0.05, 0.1) is 10.0 Å². The Morgan fingerprint density at radius 2 is 2.00 bits per heavy atom. The molecular formula is C15H12Cl2N2O. The summed E-state index contributed by atoms with van der Waals surface area (Å²) in [7, 11) is 0. The molecule has 3 rings (SSSR count). The third-order valence-electron chi connectivity index (χ3n) is 3.41. The topological polar surface area (TPSA) is 46.3 Å². The molecule has 5 heteroatoms. The van der Waals surface area contributed by atoms with Crippen LogP contribution in [-0.2, 0) is 13.1 Å². The van der Waals surface area contributed by atoms with Gasteiger partial charge in [-0.1, -0.05) is 41.4 Å². The molecule has 0 atom stereocenters. The molecule has 0 bridgehead atoms. The zero-order chi connectivity index (χ0) is 14.3. The second-order valence-corrected chi connectivity index (χ2v) is 5.58. The van der Waals surface area contributed by atoms with Gasteiger partial charge in [-0.05, 0) is 29.3 Å². The van der Waals surface area contributed by atoms with Crippen LogP contribution < -0.4 is 5.73 Å². The van der Waals surface area contributed by atoms with Crippen LogP contribution in [0.4, 0.5) is 5.69 Å². The highest BCUT2D eigenvalue weighted by molar-refractivity contribution is 6.42. The van der Waals surface area contributed by atoms with Gasteiger partial charge < -0.3 is 10.6 Å². The van der Waals surface area contributed by atoms with E-state index in [1.54, 1.807) is 17.0 Å². The maximum absolute atomic E-state index is 12.3. The highest BCUT2D eigenvalue weighted by Gasteiger charge is 2.27. The summed E-state index contributed by atoms with van der Waals surface area (Å²) in [6.07, 6.45) is 0. The molecule has 2 N–H and O–H groups in total. The Hall–Kier alpha value is -1.71. The fourth-order valence-corrected chi connectivity index (χ4v) is 2.76. The minimum atomic E-state index is -0.0247. The SMILES string of the molecule is Nc1ccc2c(c1)C(=O)N(Cc1cccc(Cl)c1Cl)C2. The molecule has 1 heterocycles. The Bertz CT molecular complexity index is 700. The van der Waals surface area contributed by atoms with Gasteiger partial charge in [0, 0.05) is 24.3 Å². The molecule has 1 aliphatic rings. The molecule has 102 valence electrons. The van der Waals surface area contributed by atoms with Gasteiger partial charge in [-0.3, -0.25) is 4.79 Å². The first-order chi connectivity index (χ1) is 9.56. The maximum atomic E-state index is 12.3. The highest BCUT2D eigenvalue weighted by atomic mass is 35.5. The number of benzene rings is 2. The summed E-state index contributed by atoms with van der Waals surface area (Å²) >= 11 is 12.2. The molecule has 0 fully saturated rings. The fraction of sp³-hybridized carbons (Fsp3) is 0.133. The van der Waals surface area contributed by atoms with Crippen molar-refractivity contribution in [1.82, 2.24) is 4.90 Å². The van der Waals surface area contributed by atoms with Gasteiger partial charge in [0.15, 0.2) is 0 Å². The number of anilines is 1. The number of hydrogen-bond acceptors (Lipinski definition) is 2. The fourth-order valence-electron chi connectivity index (χ4n) is 2.38. The molecule has 1 amide bonds. The standard InChI is InChI=1S/C15H12Cl2N2O/c16-13-3-1-2-10(14(13)17)8-19-7-9-4-5-11(18)6-12(9)15(19)20/h1-6H,7-8,18H2. The van der Waals surface area contributed by atoms with Crippen molar-refractivity contribution in [2.24, 2.45) is 0 Å². The monoisotopic (exact) mass is 306 g/mol. The van der Waals surface area contributed by atoms with E-state index in [1.807, 2.05) is 24.3 Å². The number of nitrogen functional groups attached to an aromatic ring is 1. The van der Waals surface area contributed by atoms with Crippen LogP contribution in [0.15, 0.2) is 36.4 Å². The van der Waals surface area contributed by atoms with E-state index in [1.165, 1.54) is 0 Å². The number of carbonyl (C=O) groups is 1. The van der Waals surface area contributed by atoms with Crippen molar-refractivity contribution in [3.8, 4) is 0 Å². The minimum Gasteiger partial charge on any atom is -0.399 e. The quantitative estimate of drug-likeness (QED) is 0.859. The molecule has 0 radical (unpaired) electrons. The Labute approximate surface area is 126 Å². The summed E-state index contributed by atoms with van der Waals surface area (Å²) in [5, 5.41) is 0.995. The smallest absolute Gasteiger partial charge is 0.254 e. The largest absolute Gasteiger partial charge is 0.399 e. The molecule has 0 spiro atoms. The van der Waals surface area contributed by atoms with Gasteiger partial charge in [-0.25, -0.2) is 0 Å². The van der Waals surface area contributed by atoms with Gasteiger partial charge in [0.2, 0.25) is 0 Å². The van der Waals surface area contributed by atoms with Gasteiger partial charge in [0.1, 0.15) is 0 Å². The molecule has 0 saturated carbocycles. The molecule has 0 unspecified atom stereocenters. The van der Waals surface area contributed by atoms with Crippen LogP contribution in [0.1, 0.15) is 21.5 Å². The van der Waals surface area contributed by atoms with Gasteiger partial charge >= 0.3 is 0 Å². The molecule has 2 aromatic rings. The lowest BCUT2D eigenvalue weighted by Gasteiger charge is -2.16. The first-order valence-electron chi connectivity index (χ1n) is 6.17. The van der Waals surface area contributed by atoms with Crippen LogP contribution in [0.2, 0.25) is 10.0 Å².